The Kier molecular flexibility index (Phi) is 6.12. The first-order valence-electron chi connectivity index (χ1n) is 9.92. The number of thiophene rings is 1. The number of carbonyl (C=O) groups excluding carboxylic acids is 1. The molecule has 30 heavy (non-hydrogen) atoms. The fraction of sp³-hybridized carbons (Fsp3) is 0.250. The summed E-state index contributed by atoms with van der Waals surface area (Å²) in [4.78, 5) is 15.9. The molecule has 0 radical (unpaired) electrons. The van der Waals surface area contributed by atoms with Gasteiger partial charge in [-0.05, 0) is 42.2 Å². The second-order valence-electron chi connectivity index (χ2n) is 7.42. The van der Waals surface area contributed by atoms with Crippen molar-refractivity contribution in [2.45, 2.75) is 26.4 Å². The highest BCUT2D eigenvalue weighted by molar-refractivity contribution is 7.16. The Labute approximate surface area is 180 Å². The molecule has 0 unspecified atom stereocenters. The van der Waals surface area contributed by atoms with Gasteiger partial charge in [-0.15, -0.1) is 11.3 Å². The highest BCUT2D eigenvalue weighted by Crippen LogP contribution is 2.37. The monoisotopic (exact) mass is 417 g/mol. The fourth-order valence-corrected chi connectivity index (χ4v) is 4.91. The Morgan fingerprint density at radius 3 is 2.83 bits per heavy atom. The maximum atomic E-state index is 12.4. The molecule has 1 aromatic heterocycles. The summed E-state index contributed by atoms with van der Waals surface area (Å²) in [5.74, 6) is 0.403. The SMILES string of the molecule is Cc1cccc(OCC(=O)Nc2sc3c(c2C#N)CCN(Cc2ccccc2)C3)c1. The highest BCUT2D eigenvalue weighted by Gasteiger charge is 2.25. The number of anilines is 1. The molecule has 1 aliphatic heterocycles. The van der Waals surface area contributed by atoms with E-state index in [4.69, 9.17) is 4.74 Å². The summed E-state index contributed by atoms with van der Waals surface area (Å²) in [6.07, 6.45) is 0.817. The molecule has 1 amide bonds. The zero-order valence-corrected chi connectivity index (χ0v) is 17.7. The molecule has 0 aliphatic carbocycles. The number of rotatable bonds is 6. The summed E-state index contributed by atoms with van der Waals surface area (Å²) in [6.45, 7) is 4.46. The van der Waals surface area contributed by atoms with Crippen LogP contribution in [0.1, 0.15) is 27.1 Å². The topological polar surface area (TPSA) is 65.4 Å². The van der Waals surface area contributed by atoms with Crippen LogP contribution >= 0.6 is 11.3 Å². The first kappa shape index (κ1) is 20.1. The molecule has 4 rings (SSSR count). The van der Waals surface area contributed by atoms with E-state index in [1.165, 1.54) is 16.9 Å². The van der Waals surface area contributed by atoms with Gasteiger partial charge in [0.05, 0.1) is 5.56 Å². The van der Waals surface area contributed by atoms with Gasteiger partial charge < -0.3 is 10.1 Å². The van der Waals surface area contributed by atoms with E-state index in [0.29, 0.717) is 16.3 Å². The third-order valence-electron chi connectivity index (χ3n) is 5.11. The molecule has 0 saturated heterocycles. The van der Waals surface area contributed by atoms with E-state index in [-0.39, 0.29) is 12.5 Å². The summed E-state index contributed by atoms with van der Waals surface area (Å²) < 4.78 is 5.58. The van der Waals surface area contributed by atoms with Crippen molar-refractivity contribution < 1.29 is 9.53 Å². The maximum Gasteiger partial charge on any atom is 0.262 e. The van der Waals surface area contributed by atoms with Gasteiger partial charge in [-0.2, -0.15) is 5.26 Å². The molecular weight excluding hydrogens is 394 g/mol. The molecule has 2 aromatic carbocycles. The molecular formula is C24H23N3O2S. The van der Waals surface area contributed by atoms with E-state index in [9.17, 15) is 10.1 Å². The van der Waals surface area contributed by atoms with Crippen LogP contribution in [0.15, 0.2) is 54.6 Å². The van der Waals surface area contributed by atoms with Crippen molar-refractivity contribution in [2.24, 2.45) is 0 Å². The number of nitrogens with zero attached hydrogens (tertiary/aromatic N) is 2. The number of fused-ring (bicyclic) bond motifs is 1. The molecule has 6 heteroatoms. The van der Waals surface area contributed by atoms with Crippen molar-refractivity contribution in [3.05, 3.63) is 81.7 Å². The number of hydrogen-bond acceptors (Lipinski definition) is 5. The van der Waals surface area contributed by atoms with Crippen molar-refractivity contribution >= 4 is 22.2 Å². The summed E-state index contributed by atoms with van der Waals surface area (Å²) >= 11 is 1.50. The molecule has 5 nitrogen and oxygen atoms in total. The van der Waals surface area contributed by atoms with Crippen LogP contribution in [0.3, 0.4) is 0 Å². The Morgan fingerprint density at radius 1 is 1.23 bits per heavy atom. The standard InChI is InChI=1S/C24H23N3O2S/c1-17-6-5-9-19(12-17)29-16-23(28)26-24-21(13-25)20-10-11-27(15-22(20)30-24)14-18-7-3-2-4-8-18/h2-9,12H,10-11,14-16H2,1H3,(H,26,28). The van der Waals surface area contributed by atoms with Crippen molar-refractivity contribution in [1.29, 1.82) is 5.26 Å². The van der Waals surface area contributed by atoms with Crippen molar-refractivity contribution in [1.82, 2.24) is 4.90 Å². The third kappa shape index (κ3) is 4.70. The smallest absolute Gasteiger partial charge is 0.262 e. The molecule has 0 fully saturated rings. The van der Waals surface area contributed by atoms with Crippen LogP contribution in [0.2, 0.25) is 0 Å². The van der Waals surface area contributed by atoms with Crippen molar-refractivity contribution in [3.8, 4) is 11.8 Å². The zero-order valence-electron chi connectivity index (χ0n) is 16.9. The average Bonchev–Trinajstić information content (AvgIpc) is 3.09. The molecule has 2 heterocycles. The minimum atomic E-state index is -0.257. The molecule has 152 valence electrons. The third-order valence-corrected chi connectivity index (χ3v) is 6.24. The molecule has 3 aromatic rings. The van der Waals surface area contributed by atoms with E-state index < -0.39 is 0 Å². The van der Waals surface area contributed by atoms with Crippen LogP contribution in [0.5, 0.6) is 5.75 Å². The number of amides is 1. The van der Waals surface area contributed by atoms with Gasteiger partial charge in [-0.1, -0.05) is 42.5 Å². The Hall–Kier alpha value is -3.14. The summed E-state index contributed by atoms with van der Waals surface area (Å²) in [5.41, 5.74) is 4.02. The number of hydrogen-bond donors (Lipinski definition) is 1. The molecule has 0 bridgehead atoms. The molecule has 0 spiro atoms. The summed E-state index contributed by atoms with van der Waals surface area (Å²) in [5, 5.41) is 13.2. The van der Waals surface area contributed by atoms with E-state index in [1.807, 2.05) is 37.3 Å². The van der Waals surface area contributed by atoms with Gasteiger partial charge >= 0.3 is 0 Å². The predicted octanol–water partition coefficient (Wildman–Crippen LogP) is 4.50. The van der Waals surface area contributed by atoms with E-state index in [0.717, 1.165) is 42.1 Å². The van der Waals surface area contributed by atoms with Crippen LogP contribution in [0.25, 0.3) is 0 Å². The minimum absolute atomic E-state index is 0.0863. The lowest BCUT2D eigenvalue weighted by Gasteiger charge is -2.26. The van der Waals surface area contributed by atoms with E-state index >= 15 is 0 Å². The Balaban J connectivity index is 1.41. The van der Waals surface area contributed by atoms with E-state index in [2.05, 4.69) is 40.6 Å². The normalized spacial score (nSPS) is 13.3. The lowest BCUT2D eigenvalue weighted by molar-refractivity contribution is -0.118. The van der Waals surface area contributed by atoms with Crippen molar-refractivity contribution in [3.63, 3.8) is 0 Å². The van der Waals surface area contributed by atoms with Gasteiger partial charge in [0, 0.05) is 24.5 Å². The summed E-state index contributed by atoms with van der Waals surface area (Å²) in [7, 11) is 0. The predicted molar refractivity (Wildman–Crippen MR) is 119 cm³/mol. The summed E-state index contributed by atoms with van der Waals surface area (Å²) in [6, 6.07) is 20.3. The number of nitriles is 1. The quantitative estimate of drug-likeness (QED) is 0.641. The van der Waals surface area contributed by atoms with Gasteiger partial charge in [0.2, 0.25) is 0 Å². The van der Waals surface area contributed by atoms with Gasteiger partial charge in [0.25, 0.3) is 5.91 Å². The van der Waals surface area contributed by atoms with Gasteiger partial charge in [0.1, 0.15) is 16.8 Å². The van der Waals surface area contributed by atoms with Gasteiger partial charge in [-0.3, -0.25) is 9.69 Å². The lowest BCUT2D eigenvalue weighted by Crippen LogP contribution is -2.29. The van der Waals surface area contributed by atoms with Crippen LogP contribution in [0.4, 0.5) is 5.00 Å². The van der Waals surface area contributed by atoms with Crippen LogP contribution in [-0.4, -0.2) is 24.0 Å². The number of aryl methyl sites for hydroxylation is 1. The Bertz CT molecular complexity index is 1090. The second kappa shape index (κ2) is 9.12. The number of nitrogens with one attached hydrogen (secondary N) is 1. The molecule has 0 saturated carbocycles. The lowest BCUT2D eigenvalue weighted by atomic mass is 10.0. The number of carbonyl (C=O) groups is 1. The van der Waals surface area contributed by atoms with Gasteiger partial charge in [0.15, 0.2) is 6.61 Å². The number of ether oxygens (including phenoxy) is 1. The highest BCUT2D eigenvalue weighted by atomic mass is 32.1. The largest absolute Gasteiger partial charge is 0.484 e. The number of benzene rings is 2. The van der Waals surface area contributed by atoms with Crippen molar-refractivity contribution in [2.75, 3.05) is 18.5 Å². The fourth-order valence-electron chi connectivity index (χ4n) is 3.66. The van der Waals surface area contributed by atoms with Crippen LogP contribution in [-0.2, 0) is 24.3 Å². The maximum absolute atomic E-state index is 12.4. The average molecular weight is 418 g/mol. The first-order chi connectivity index (χ1) is 14.6. The first-order valence-corrected chi connectivity index (χ1v) is 10.7. The minimum Gasteiger partial charge on any atom is -0.484 e. The van der Waals surface area contributed by atoms with Crippen LogP contribution in [0, 0.1) is 18.3 Å². The Morgan fingerprint density at radius 2 is 2.07 bits per heavy atom. The molecule has 1 N–H and O–H groups in total. The zero-order chi connectivity index (χ0) is 20.9. The van der Waals surface area contributed by atoms with E-state index in [1.54, 1.807) is 0 Å². The molecule has 1 aliphatic rings. The second-order valence-corrected chi connectivity index (χ2v) is 8.52. The molecule has 0 atom stereocenters. The van der Waals surface area contributed by atoms with Gasteiger partial charge in [-0.25, -0.2) is 0 Å². The van der Waals surface area contributed by atoms with Crippen LogP contribution < -0.4 is 10.1 Å².